The number of piperidine rings is 1. The van der Waals surface area contributed by atoms with Crippen LogP contribution in [0.2, 0.25) is 0 Å². The van der Waals surface area contributed by atoms with Crippen molar-refractivity contribution in [3.05, 3.63) is 42.7 Å². The van der Waals surface area contributed by atoms with Gasteiger partial charge in [0.05, 0.1) is 13.1 Å². The minimum Gasteiger partial charge on any atom is -0.491 e. The molecule has 2 aliphatic heterocycles. The number of hydrogen-bond donors (Lipinski definition) is 0. The highest BCUT2D eigenvalue weighted by Crippen LogP contribution is 2.21. The number of carbonyl (C=O) groups excluding carboxylic acids is 1. The standard InChI is InChI=1S/C20H26FN5O3/c21-16-1-3-18(4-2-16)28-12-19-11-26(20(27)13-29-19)17-5-7-24(8-6-17)9-10-25-15-22-14-23-25/h1-4,14-15,17,19H,5-13H2. The van der Waals surface area contributed by atoms with Crippen molar-refractivity contribution < 1.29 is 18.7 Å². The van der Waals surface area contributed by atoms with E-state index in [0.717, 1.165) is 39.0 Å². The van der Waals surface area contributed by atoms with Crippen LogP contribution in [0.3, 0.4) is 0 Å². The Kier molecular flexibility index (Phi) is 6.36. The van der Waals surface area contributed by atoms with E-state index >= 15 is 0 Å². The zero-order valence-corrected chi connectivity index (χ0v) is 16.3. The molecule has 8 nitrogen and oxygen atoms in total. The molecule has 1 aromatic carbocycles. The van der Waals surface area contributed by atoms with E-state index in [-0.39, 0.29) is 30.5 Å². The quantitative estimate of drug-likeness (QED) is 0.692. The first-order valence-electron chi connectivity index (χ1n) is 10.0. The second-order valence-corrected chi connectivity index (χ2v) is 7.48. The Morgan fingerprint density at radius 1 is 1.17 bits per heavy atom. The number of likely N-dealkylation sites (tertiary alicyclic amines) is 1. The van der Waals surface area contributed by atoms with Crippen LogP contribution in [0.5, 0.6) is 5.75 Å². The first-order valence-corrected chi connectivity index (χ1v) is 10.0. The van der Waals surface area contributed by atoms with Crippen molar-refractivity contribution >= 4 is 5.91 Å². The molecule has 3 heterocycles. The number of amides is 1. The Balaban J connectivity index is 1.23. The predicted molar refractivity (Wildman–Crippen MR) is 103 cm³/mol. The Morgan fingerprint density at radius 2 is 1.97 bits per heavy atom. The van der Waals surface area contributed by atoms with Gasteiger partial charge < -0.3 is 19.3 Å². The van der Waals surface area contributed by atoms with Crippen molar-refractivity contribution in [2.24, 2.45) is 0 Å². The van der Waals surface area contributed by atoms with E-state index in [1.54, 1.807) is 24.8 Å². The minimum atomic E-state index is -0.296. The molecule has 1 atom stereocenters. The molecule has 0 N–H and O–H groups in total. The molecule has 2 aliphatic rings. The molecule has 2 fully saturated rings. The molecular weight excluding hydrogens is 377 g/mol. The Labute approximate surface area is 169 Å². The highest BCUT2D eigenvalue weighted by atomic mass is 19.1. The summed E-state index contributed by atoms with van der Waals surface area (Å²) >= 11 is 0. The van der Waals surface area contributed by atoms with E-state index in [1.165, 1.54) is 12.1 Å². The Bertz CT molecular complexity index is 778. The van der Waals surface area contributed by atoms with Gasteiger partial charge in [0.25, 0.3) is 0 Å². The second kappa shape index (κ2) is 9.32. The fraction of sp³-hybridized carbons (Fsp3) is 0.550. The van der Waals surface area contributed by atoms with Crippen LogP contribution in [0.4, 0.5) is 4.39 Å². The smallest absolute Gasteiger partial charge is 0.248 e. The van der Waals surface area contributed by atoms with Gasteiger partial charge >= 0.3 is 0 Å². The van der Waals surface area contributed by atoms with Crippen LogP contribution in [-0.4, -0.2) is 82.0 Å². The first kappa shape index (κ1) is 19.8. The molecular formula is C20H26FN5O3. The second-order valence-electron chi connectivity index (χ2n) is 7.48. The molecule has 2 saturated heterocycles. The van der Waals surface area contributed by atoms with E-state index in [0.29, 0.717) is 18.9 Å². The van der Waals surface area contributed by atoms with Crippen LogP contribution in [0.15, 0.2) is 36.9 Å². The maximum Gasteiger partial charge on any atom is 0.248 e. The van der Waals surface area contributed by atoms with E-state index in [2.05, 4.69) is 15.0 Å². The molecule has 9 heteroatoms. The minimum absolute atomic E-state index is 0.0455. The van der Waals surface area contributed by atoms with Gasteiger partial charge in [-0.2, -0.15) is 5.10 Å². The lowest BCUT2D eigenvalue weighted by Crippen LogP contribution is -2.55. The van der Waals surface area contributed by atoms with Crippen molar-refractivity contribution in [2.75, 3.05) is 39.4 Å². The summed E-state index contributed by atoms with van der Waals surface area (Å²) in [5.41, 5.74) is 0. The molecule has 29 heavy (non-hydrogen) atoms. The first-order chi connectivity index (χ1) is 14.2. The van der Waals surface area contributed by atoms with E-state index in [1.807, 2.05) is 9.58 Å². The summed E-state index contributed by atoms with van der Waals surface area (Å²) < 4.78 is 26.2. The molecule has 0 saturated carbocycles. The van der Waals surface area contributed by atoms with Crippen molar-refractivity contribution in [2.45, 2.75) is 31.5 Å². The van der Waals surface area contributed by atoms with Gasteiger partial charge in [0.2, 0.25) is 5.91 Å². The van der Waals surface area contributed by atoms with Crippen molar-refractivity contribution in [1.82, 2.24) is 24.6 Å². The van der Waals surface area contributed by atoms with Gasteiger partial charge in [-0.25, -0.2) is 9.37 Å². The number of hydrogen-bond acceptors (Lipinski definition) is 6. The molecule has 0 radical (unpaired) electrons. The zero-order valence-electron chi connectivity index (χ0n) is 16.3. The lowest BCUT2D eigenvalue weighted by Gasteiger charge is -2.42. The molecule has 0 bridgehead atoms. The van der Waals surface area contributed by atoms with Crippen LogP contribution in [0, 0.1) is 5.82 Å². The number of aromatic nitrogens is 3. The molecule has 2 aromatic rings. The summed E-state index contributed by atoms with van der Waals surface area (Å²) in [6.45, 7) is 4.63. The number of ether oxygens (including phenoxy) is 2. The molecule has 0 aliphatic carbocycles. The van der Waals surface area contributed by atoms with Crippen LogP contribution >= 0.6 is 0 Å². The van der Waals surface area contributed by atoms with Gasteiger partial charge in [-0.3, -0.25) is 9.48 Å². The summed E-state index contributed by atoms with van der Waals surface area (Å²) in [6.07, 6.45) is 5.01. The highest BCUT2D eigenvalue weighted by molar-refractivity contribution is 5.78. The number of benzene rings is 1. The van der Waals surface area contributed by atoms with Gasteiger partial charge in [0.15, 0.2) is 0 Å². The lowest BCUT2D eigenvalue weighted by atomic mass is 10.0. The number of nitrogens with zero attached hydrogens (tertiary/aromatic N) is 5. The fourth-order valence-electron chi connectivity index (χ4n) is 3.87. The summed E-state index contributed by atoms with van der Waals surface area (Å²) in [4.78, 5) is 20.7. The van der Waals surface area contributed by atoms with Crippen LogP contribution < -0.4 is 4.74 Å². The Hall–Kier alpha value is -2.52. The molecule has 1 amide bonds. The number of carbonyl (C=O) groups is 1. The van der Waals surface area contributed by atoms with E-state index in [9.17, 15) is 9.18 Å². The highest BCUT2D eigenvalue weighted by Gasteiger charge is 2.33. The maximum atomic E-state index is 13.0. The molecule has 156 valence electrons. The van der Waals surface area contributed by atoms with Crippen molar-refractivity contribution in [3.63, 3.8) is 0 Å². The largest absolute Gasteiger partial charge is 0.491 e. The summed E-state index contributed by atoms with van der Waals surface area (Å²) in [7, 11) is 0. The summed E-state index contributed by atoms with van der Waals surface area (Å²) in [6, 6.07) is 6.15. The molecule has 0 spiro atoms. The number of halogens is 1. The monoisotopic (exact) mass is 403 g/mol. The summed E-state index contributed by atoms with van der Waals surface area (Å²) in [5, 5.41) is 4.13. The van der Waals surface area contributed by atoms with E-state index < -0.39 is 0 Å². The lowest BCUT2D eigenvalue weighted by molar-refractivity contribution is -0.155. The van der Waals surface area contributed by atoms with Gasteiger partial charge in [-0.05, 0) is 37.1 Å². The predicted octanol–water partition coefficient (Wildman–Crippen LogP) is 1.19. The third kappa shape index (κ3) is 5.30. The van der Waals surface area contributed by atoms with Crippen LogP contribution in [0.25, 0.3) is 0 Å². The molecule has 1 unspecified atom stereocenters. The third-order valence-corrected chi connectivity index (χ3v) is 5.52. The number of rotatable bonds is 7. The van der Waals surface area contributed by atoms with Gasteiger partial charge in [-0.1, -0.05) is 0 Å². The van der Waals surface area contributed by atoms with Crippen LogP contribution in [0.1, 0.15) is 12.8 Å². The average molecular weight is 403 g/mol. The zero-order chi connectivity index (χ0) is 20.1. The summed E-state index contributed by atoms with van der Waals surface area (Å²) in [5.74, 6) is 0.346. The average Bonchev–Trinajstić information content (AvgIpc) is 3.27. The van der Waals surface area contributed by atoms with Gasteiger partial charge in [-0.15, -0.1) is 0 Å². The molecule has 4 rings (SSSR count). The van der Waals surface area contributed by atoms with Crippen molar-refractivity contribution in [3.8, 4) is 5.75 Å². The number of morpholine rings is 1. The molecule has 1 aromatic heterocycles. The third-order valence-electron chi connectivity index (χ3n) is 5.52. The van der Waals surface area contributed by atoms with Gasteiger partial charge in [0.1, 0.15) is 43.5 Å². The fourth-order valence-corrected chi connectivity index (χ4v) is 3.87. The van der Waals surface area contributed by atoms with Crippen molar-refractivity contribution in [1.29, 1.82) is 0 Å². The topological polar surface area (TPSA) is 72.7 Å². The van der Waals surface area contributed by atoms with E-state index in [4.69, 9.17) is 9.47 Å². The normalized spacial score (nSPS) is 21.5. The Morgan fingerprint density at radius 3 is 2.69 bits per heavy atom. The maximum absolute atomic E-state index is 13.0. The van der Waals surface area contributed by atoms with Crippen LogP contribution in [-0.2, 0) is 16.1 Å². The SMILES string of the molecule is O=C1COC(COc2ccc(F)cc2)CN1C1CCN(CCn2cncn2)CC1. The van der Waals surface area contributed by atoms with Gasteiger partial charge in [0, 0.05) is 25.7 Å².